The number of thioether (sulfide) groups is 1. The maximum Gasteiger partial charge on any atom is 0.283 e. The summed E-state index contributed by atoms with van der Waals surface area (Å²) in [6, 6.07) is 24.2. The molecule has 0 spiro atoms. The number of H-pyrrole nitrogens is 1. The van der Waals surface area contributed by atoms with Crippen molar-refractivity contribution in [2.24, 2.45) is 0 Å². The van der Waals surface area contributed by atoms with Gasteiger partial charge >= 0.3 is 0 Å². The molecule has 0 unspecified atom stereocenters. The second-order valence-corrected chi connectivity index (χ2v) is 9.23. The first kappa shape index (κ1) is 25.2. The van der Waals surface area contributed by atoms with Gasteiger partial charge < -0.3 is 19.8 Å². The van der Waals surface area contributed by atoms with Gasteiger partial charge in [-0.15, -0.1) is 0 Å². The molecule has 3 aromatic carbocycles. The average Bonchev–Trinajstić information content (AvgIpc) is 3.38. The van der Waals surface area contributed by atoms with Crippen LogP contribution in [0.4, 0.5) is 5.69 Å². The second-order valence-electron chi connectivity index (χ2n) is 8.29. The van der Waals surface area contributed by atoms with Crippen LogP contribution in [0.25, 0.3) is 27.8 Å². The van der Waals surface area contributed by atoms with Crippen molar-refractivity contribution >= 4 is 34.4 Å². The van der Waals surface area contributed by atoms with Crippen LogP contribution < -0.4 is 20.3 Å². The van der Waals surface area contributed by atoms with Crippen LogP contribution >= 0.6 is 11.8 Å². The van der Waals surface area contributed by atoms with Gasteiger partial charge in [0, 0.05) is 11.8 Å². The van der Waals surface area contributed by atoms with E-state index < -0.39 is 0 Å². The number of aromatic amines is 1. The largest absolute Gasteiger partial charge is 0.497 e. The van der Waals surface area contributed by atoms with Crippen LogP contribution in [0.5, 0.6) is 11.5 Å². The highest BCUT2D eigenvalue weighted by Gasteiger charge is 2.19. The monoisotopic (exact) mass is 526 g/mol. The van der Waals surface area contributed by atoms with Crippen LogP contribution in [0, 0.1) is 0 Å². The topological polar surface area (TPSA) is 98.2 Å². The molecule has 2 N–H and O–H groups in total. The highest BCUT2D eigenvalue weighted by atomic mass is 32.2. The number of para-hydroxylation sites is 2. The Morgan fingerprint density at radius 3 is 2.50 bits per heavy atom. The molecule has 5 rings (SSSR count). The molecule has 0 aliphatic heterocycles. The summed E-state index contributed by atoms with van der Waals surface area (Å²) in [6.45, 7) is 2.37. The van der Waals surface area contributed by atoms with E-state index in [0.717, 1.165) is 11.1 Å². The van der Waals surface area contributed by atoms with Gasteiger partial charge in [0.2, 0.25) is 5.91 Å². The predicted molar refractivity (Wildman–Crippen MR) is 151 cm³/mol. The van der Waals surface area contributed by atoms with Gasteiger partial charge in [-0.3, -0.25) is 14.2 Å². The summed E-state index contributed by atoms with van der Waals surface area (Å²) in [4.78, 5) is 34.6. The molecule has 0 fully saturated rings. The molecule has 5 aromatic rings. The molecular formula is C29H26N4O4S. The number of carbonyl (C=O) groups excluding carboxylic acids is 1. The summed E-state index contributed by atoms with van der Waals surface area (Å²) in [7, 11) is 1.59. The van der Waals surface area contributed by atoms with Gasteiger partial charge in [0.15, 0.2) is 5.16 Å². The molecule has 2 aromatic heterocycles. The van der Waals surface area contributed by atoms with E-state index in [9.17, 15) is 9.59 Å². The molecule has 0 bridgehead atoms. The van der Waals surface area contributed by atoms with Crippen LogP contribution in [0.1, 0.15) is 6.92 Å². The maximum absolute atomic E-state index is 13.7. The minimum absolute atomic E-state index is 0.0413. The summed E-state index contributed by atoms with van der Waals surface area (Å²) in [5.41, 5.74) is 3.64. The lowest BCUT2D eigenvalue weighted by Gasteiger charge is -2.14. The number of rotatable bonds is 9. The van der Waals surface area contributed by atoms with E-state index in [1.165, 1.54) is 16.3 Å². The first-order valence-electron chi connectivity index (χ1n) is 12.1. The zero-order valence-corrected chi connectivity index (χ0v) is 21.7. The standard InChI is InChI=1S/C29H26N4O4S/c1-3-37-24-12-8-7-11-23(24)31-25(34)18-38-29-32-26-22(19-9-5-4-6-10-19)17-30-27(26)28(35)33(29)20-13-15-21(36-2)16-14-20/h4-17,30H,3,18H2,1-2H3,(H,31,34). The summed E-state index contributed by atoms with van der Waals surface area (Å²) >= 11 is 1.19. The lowest BCUT2D eigenvalue weighted by Crippen LogP contribution is -2.23. The Labute approximate surface area is 223 Å². The van der Waals surface area contributed by atoms with E-state index in [4.69, 9.17) is 14.5 Å². The number of ether oxygens (including phenoxy) is 2. The molecule has 9 heteroatoms. The number of hydrogen-bond donors (Lipinski definition) is 2. The minimum atomic E-state index is -0.257. The van der Waals surface area contributed by atoms with Crippen molar-refractivity contribution in [3.8, 4) is 28.3 Å². The van der Waals surface area contributed by atoms with Gasteiger partial charge in [0.1, 0.15) is 22.5 Å². The van der Waals surface area contributed by atoms with E-state index in [2.05, 4.69) is 10.3 Å². The summed E-state index contributed by atoms with van der Waals surface area (Å²) in [5, 5.41) is 3.30. The third-order valence-corrected chi connectivity index (χ3v) is 6.82. The van der Waals surface area contributed by atoms with E-state index in [1.807, 2.05) is 49.4 Å². The number of nitrogens with one attached hydrogen (secondary N) is 2. The van der Waals surface area contributed by atoms with Gasteiger partial charge in [-0.25, -0.2) is 4.98 Å². The molecule has 0 radical (unpaired) electrons. The number of hydrogen-bond acceptors (Lipinski definition) is 6. The van der Waals surface area contributed by atoms with Crippen molar-refractivity contribution in [2.45, 2.75) is 12.1 Å². The van der Waals surface area contributed by atoms with Crippen LogP contribution in [-0.4, -0.2) is 39.9 Å². The van der Waals surface area contributed by atoms with Gasteiger partial charge in [-0.2, -0.15) is 0 Å². The number of nitrogens with zero attached hydrogens (tertiary/aromatic N) is 2. The molecule has 0 aliphatic rings. The van der Waals surface area contributed by atoms with Gasteiger partial charge in [0.05, 0.1) is 30.8 Å². The number of amides is 1. The fourth-order valence-electron chi connectivity index (χ4n) is 4.10. The van der Waals surface area contributed by atoms with Crippen molar-refractivity contribution in [2.75, 3.05) is 24.8 Å². The van der Waals surface area contributed by atoms with E-state index >= 15 is 0 Å². The Balaban J connectivity index is 1.52. The molecule has 0 atom stereocenters. The fraction of sp³-hybridized carbons (Fsp3) is 0.138. The molecule has 0 saturated heterocycles. The summed E-state index contributed by atoms with van der Waals surface area (Å²) in [6.07, 6.45) is 1.79. The predicted octanol–water partition coefficient (Wildman–Crippen LogP) is 5.52. The zero-order valence-electron chi connectivity index (χ0n) is 20.9. The first-order chi connectivity index (χ1) is 18.6. The third-order valence-electron chi connectivity index (χ3n) is 5.88. The molecular weight excluding hydrogens is 500 g/mol. The van der Waals surface area contributed by atoms with E-state index in [0.29, 0.717) is 45.7 Å². The Morgan fingerprint density at radius 2 is 1.76 bits per heavy atom. The van der Waals surface area contributed by atoms with Crippen molar-refractivity contribution in [1.29, 1.82) is 0 Å². The SMILES string of the molecule is CCOc1ccccc1NC(=O)CSc1nc2c(-c3ccccc3)c[nH]c2c(=O)n1-c1ccc(OC)cc1. The lowest BCUT2D eigenvalue weighted by molar-refractivity contribution is -0.113. The molecule has 0 saturated carbocycles. The maximum atomic E-state index is 13.7. The van der Waals surface area contributed by atoms with Gasteiger partial charge in [0.25, 0.3) is 5.56 Å². The molecule has 1 amide bonds. The zero-order chi connectivity index (χ0) is 26.5. The number of methoxy groups -OCH3 is 1. The number of aromatic nitrogens is 3. The Bertz CT molecular complexity index is 1630. The van der Waals surface area contributed by atoms with Crippen LogP contribution in [0.3, 0.4) is 0 Å². The number of carbonyl (C=O) groups is 1. The minimum Gasteiger partial charge on any atom is -0.497 e. The fourth-order valence-corrected chi connectivity index (χ4v) is 4.91. The molecule has 8 nitrogen and oxygen atoms in total. The number of benzene rings is 3. The van der Waals surface area contributed by atoms with Gasteiger partial charge in [-0.1, -0.05) is 54.2 Å². The smallest absolute Gasteiger partial charge is 0.283 e. The molecule has 38 heavy (non-hydrogen) atoms. The van der Waals surface area contributed by atoms with Crippen LogP contribution in [-0.2, 0) is 4.79 Å². The van der Waals surface area contributed by atoms with Crippen molar-refractivity contribution in [3.05, 3.63) is 95.4 Å². The molecule has 2 heterocycles. The number of fused-ring (bicyclic) bond motifs is 1. The van der Waals surface area contributed by atoms with Gasteiger partial charge in [-0.05, 0) is 48.9 Å². The number of anilines is 1. The van der Waals surface area contributed by atoms with Crippen molar-refractivity contribution in [3.63, 3.8) is 0 Å². The lowest BCUT2D eigenvalue weighted by atomic mass is 10.1. The second kappa shape index (κ2) is 11.3. The highest BCUT2D eigenvalue weighted by molar-refractivity contribution is 7.99. The first-order valence-corrected chi connectivity index (χ1v) is 13.1. The highest BCUT2D eigenvalue weighted by Crippen LogP contribution is 2.30. The Kier molecular flexibility index (Phi) is 7.46. The Morgan fingerprint density at radius 1 is 1.03 bits per heavy atom. The van der Waals surface area contributed by atoms with Crippen LogP contribution in [0.2, 0.25) is 0 Å². The quantitative estimate of drug-likeness (QED) is 0.194. The van der Waals surface area contributed by atoms with Crippen molar-refractivity contribution < 1.29 is 14.3 Å². The Hall–Kier alpha value is -4.50. The normalized spacial score (nSPS) is 10.9. The van der Waals surface area contributed by atoms with Crippen molar-refractivity contribution in [1.82, 2.24) is 14.5 Å². The average molecular weight is 527 g/mol. The molecule has 0 aliphatic carbocycles. The van der Waals surface area contributed by atoms with Crippen LogP contribution in [0.15, 0.2) is 95.0 Å². The van der Waals surface area contributed by atoms with E-state index in [1.54, 1.807) is 49.7 Å². The third kappa shape index (κ3) is 5.14. The molecule has 192 valence electrons. The van der Waals surface area contributed by atoms with E-state index in [-0.39, 0.29) is 17.2 Å². The summed E-state index contributed by atoms with van der Waals surface area (Å²) < 4.78 is 12.4. The summed E-state index contributed by atoms with van der Waals surface area (Å²) in [5.74, 6) is 1.07.